The maximum atomic E-state index is 14.4. The number of ether oxygens (including phenoxy) is 1. The van der Waals surface area contributed by atoms with E-state index in [0.29, 0.717) is 11.7 Å². The van der Waals surface area contributed by atoms with Gasteiger partial charge in [-0.15, -0.1) is 0 Å². The number of likely N-dealkylation sites (tertiary alicyclic amines) is 1. The van der Waals surface area contributed by atoms with Crippen LogP contribution in [0.1, 0.15) is 90.6 Å². The molecule has 0 bridgehead atoms. The summed E-state index contributed by atoms with van der Waals surface area (Å²) >= 11 is 6.36. The van der Waals surface area contributed by atoms with Gasteiger partial charge in [-0.2, -0.15) is 0 Å². The average Bonchev–Trinajstić information content (AvgIpc) is 3.67. The smallest absolute Gasteiger partial charge is 0.338 e. The average molecular weight is 459 g/mol. The van der Waals surface area contributed by atoms with Crippen LogP contribution in [0, 0.1) is 5.82 Å². The second-order valence-electron chi connectivity index (χ2n) is 9.38. The van der Waals surface area contributed by atoms with Gasteiger partial charge in [-0.05, 0) is 81.7 Å². The van der Waals surface area contributed by atoms with Crippen molar-refractivity contribution in [1.29, 1.82) is 0 Å². The molecule has 170 valence electrons. The van der Waals surface area contributed by atoms with Crippen LogP contribution < -0.4 is 4.74 Å². The lowest BCUT2D eigenvalue weighted by atomic mass is 10.0. The minimum atomic E-state index is -1.24. The monoisotopic (exact) mass is 458 g/mol. The number of rotatable bonds is 7. The number of aromatic carboxylic acids is 1. The van der Waals surface area contributed by atoms with Crippen molar-refractivity contribution in [1.82, 2.24) is 9.88 Å². The van der Waals surface area contributed by atoms with E-state index < -0.39 is 11.8 Å². The predicted octanol–water partition coefficient (Wildman–Crippen LogP) is 5.93. The summed E-state index contributed by atoms with van der Waals surface area (Å²) in [7, 11) is 0. The molecule has 3 fully saturated rings. The Morgan fingerprint density at radius 3 is 2.66 bits per heavy atom. The van der Waals surface area contributed by atoms with E-state index in [9.17, 15) is 14.3 Å². The van der Waals surface area contributed by atoms with Crippen LogP contribution in [0.3, 0.4) is 0 Å². The topological polar surface area (TPSA) is 62.7 Å². The van der Waals surface area contributed by atoms with Gasteiger partial charge in [0, 0.05) is 24.6 Å². The SMILES string of the molecule is C[C@@H](c1ccc(Cl)c(C2CC2)n1)N1CCC[C@@H](Oc2cc(F)c(C(=O)O)cc2C2CC2)C1. The highest BCUT2D eigenvalue weighted by Crippen LogP contribution is 2.46. The Bertz CT molecular complexity index is 1040. The van der Waals surface area contributed by atoms with Crippen LogP contribution in [0.15, 0.2) is 24.3 Å². The zero-order valence-corrected chi connectivity index (χ0v) is 18.9. The van der Waals surface area contributed by atoms with Gasteiger partial charge in [0.1, 0.15) is 17.7 Å². The Balaban J connectivity index is 1.32. The van der Waals surface area contributed by atoms with Gasteiger partial charge in [0.25, 0.3) is 0 Å². The Labute approximate surface area is 192 Å². The first-order valence-corrected chi connectivity index (χ1v) is 11.9. The van der Waals surface area contributed by atoms with Gasteiger partial charge in [0.2, 0.25) is 0 Å². The summed E-state index contributed by atoms with van der Waals surface area (Å²) in [5.41, 5.74) is 2.58. The molecule has 2 atom stereocenters. The molecule has 0 amide bonds. The zero-order valence-electron chi connectivity index (χ0n) is 18.2. The van der Waals surface area contributed by atoms with E-state index in [4.69, 9.17) is 21.3 Å². The number of carbonyl (C=O) groups is 1. The van der Waals surface area contributed by atoms with Crippen LogP contribution in [0.5, 0.6) is 5.75 Å². The first-order valence-electron chi connectivity index (χ1n) is 11.5. The summed E-state index contributed by atoms with van der Waals surface area (Å²) in [6, 6.07) is 6.83. The highest BCUT2D eigenvalue weighted by Gasteiger charge is 2.33. The first-order chi connectivity index (χ1) is 15.4. The Hall–Kier alpha value is -2.18. The molecule has 1 saturated heterocycles. The van der Waals surface area contributed by atoms with Crippen molar-refractivity contribution in [3.63, 3.8) is 0 Å². The fourth-order valence-corrected chi connectivity index (χ4v) is 4.94. The molecule has 7 heteroatoms. The maximum absolute atomic E-state index is 14.4. The van der Waals surface area contributed by atoms with Crippen LogP contribution in [0.25, 0.3) is 0 Å². The molecule has 0 radical (unpaired) electrons. The summed E-state index contributed by atoms with van der Waals surface area (Å²) < 4.78 is 20.7. The molecule has 2 aromatic rings. The standard InChI is InChI=1S/C25H28ClFN2O3/c1-14(22-9-8-20(26)24(28-22)16-6-7-16)29-10-2-3-17(13-29)32-23-12-21(27)19(25(30)31)11-18(23)15-4-5-15/h8-9,11-12,14-17H,2-7,10,13H2,1H3,(H,30,31)/t14-,17+/m0/s1. The van der Waals surface area contributed by atoms with Crippen molar-refractivity contribution in [2.24, 2.45) is 0 Å². The molecule has 0 spiro atoms. The third kappa shape index (κ3) is 4.48. The summed E-state index contributed by atoms with van der Waals surface area (Å²) in [5, 5.41) is 10.0. The van der Waals surface area contributed by atoms with Crippen molar-refractivity contribution in [2.45, 2.75) is 69.4 Å². The molecule has 3 aliphatic rings. The highest BCUT2D eigenvalue weighted by molar-refractivity contribution is 6.31. The van der Waals surface area contributed by atoms with Gasteiger partial charge >= 0.3 is 5.97 Å². The molecule has 1 aromatic heterocycles. The Kier molecular flexibility index (Phi) is 5.84. The number of benzene rings is 1. The fraction of sp³-hybridized carbons (Fsp3) is 0.520. The predicted molar refractivity (Wildman–Crippen MR) is 120 cm³/mol. The van der Waals surface area contributed by atoms with Crippen LogP contribution in [-0.2, 0) is 0 Å². The third-order valence-corrected chi connectivity index (χ3v) is 7.20. The molecule has 2 saturated carbocycles. The zero-order chi connectivity index (χ0) is 22.4. The summed E-state index contributed by atoms with van der Waals surface area (Å²) in [6.07, 6.45) is 6.08. The molecule has 32 heavy (non-hydrogen) atoms. The normalized spacial score (nSPS) is 22.5. The van der Waals surface area contributed by atoms with Crippen LogP contribution in [-0.4, -0.2) is 40.2 Å². The number of piperidine rings is 1. The van der Waals surface area contributed by atoms with Crippen molar-refractivity contribution in [3.05, 3.63) is 57.6 Å². The second-order valence-corrected chi connectivity index (χ2v) is 9.79. The minimum absolute atomic E-state index is 0.0750. The lowest BCUT2D eigenvalue weighted by molar-refractivity contribution is 0.0636. The number of pyridine rings is 1. The van der Waals surface area contributed by atoms with Crippen molar-refractivity contribution in [2.75, 3.05) is 13.1 Å². The highest BCUT2D eigenvalue weighted by atomic mass is 35.5. The van der Waals surface area contributed by atoms with E-state index in [1.807, 2.05) is 12.1 Å². The summed E-state index contributed by atoms with van der Waals surface area (Å²) in [6.45, 7) is 3.83. The van der Waals surface area contributed by atoms with E-state index >= 15 is 0 Å². The molecule has 2 heterocycles. The summed E-state index contributed by atoms with van der Waals surface area (Å²) in [4.78, 5) is 18.6. The molecular weight excluding hydrogens is 431 g/mol. The van der Waals surface area contributed by atoms with Gasteiger partial charge in [-0.3, -0.25) is 9.88 Å². The molecule has 1 N–H and O–H groups in total. The van der Waals surface area contributed by atoms with E-state index in [1.165, 1.54) is 12.1 Å². The minimum Gasteiger partial charge on any atom is -0.489 e. The lowest BCUT2D eigenvalue weighted by Gasteiger charge is -2.37. The number of hydrogen-bond acceptors (Lipinski definition) is 4. The molecule has 2 aliphatic carbocycles. The van der Waals surface area contributed by atoms with Crippen LogP contribution in [0.4, 0.5) is 4.39 Å². The summed E-state index contributed by atoms with van der Waals surface area (Å²) in [5.74, 6) is -0.723. The fourth-order valence-electron chi connectivity index (χ4n) is 4.68. The first kappa shape index (κ1) is 21.7. The third-order valence-electron chi connectivity index (χ3n) is 6.88. The number of carboxylic acids is 1. The molecule has 1 aliphatic heterocycles. The number of hydrogen-bond donors (Lipinski definition) is 1. The van der Waals surface area contributed by atoms with Gasteiger partial charge in [0.15, 0.2) is 0 Å². The number of nitrogens with zero attached hydrogens (tertiary/aromatic N) is 2. The Morgan fingerprint density at radius 2 is 1.97 bits per heavy atom. The second kappa shape index (κ2) is 8.64. The number of halogens is 2. The molecular formula is C25H28ClFN2O3. The van der Waals surface area contributed by atoms with Crippen molar-refractivity contribution in [3.8, 4) is 5.75 Å². The van der Waals surface area contributed by atoms with Gasteiger partial charge in [-0.1, -0.05) is 11.6 Å². The van der Waals surface area contributed by atoms with Crippen LogP contribution in [0.2, 0.25) is 5.02 Å². The molecule has 0 unspecified atom stereocenters. The van der Waals surface area contributed by atoms with Gasteiger partial charge < -0.3 is 9.84 Å². The Morgan fingerprint density at radius 1 is 1.22 bits per heavy atom. The molecule has 1 aromatic carbocycles. The lowest BCUT2D eigenvalue weighted by Crippen LogP contribution is -2.42. The molecule has 5 nitrogen and oxygen atoms in total. The van der Waals surface area contributed by atoms with Crippen molar-refractivity contribution < 1.29 is 19.0 Å². The van der Waals surface area contributed by atoms with E-state index in [1.54, 1.807) is 0 Å². The van der Waals surface area contributed by atoms with Crippen LogP contribution >= 0.6 is 11.6 Å². The largest absolute Gasteiger partial charge is 0.489 e. The van der Waals surface area contributed by atoms with E-state index in [-0.39, 0.29) is 23.6 Å². The molecule has 5 rings (SSSR count). The maximum Gasteiger partial charge on any atom is 0.338 e. The number of aromatic nitrogens is 1. The van der Waals surface area contributed by atoms with Crippen molar-refractivity contribution >= 4 is 17.6 Å². The quantitative estimate of drug-likeness (QED) is 0.557. The van der Waals surface area contributed by atoms with E-state index in [0.717, 1.165) is 73.6 Å². The van der Waals surface area contributed by atoms with Gasteiger partial charge in [0.05, 0.1) is 22.0 Å². The van der Waals surface area contributed by atoms with Gasteiger partial charge in [-0.25, -0.2) is 9.18 Å². The number of carboxylic acid groups (broad SMARTS) is 1. The van der Waals surface area contributed by atoms with E-state index in [2.05, 4.69) is 11.8 Å².